The summed E-state index contributed by atoms with van der Waals surface area (Å²) in [6.45, 7) is 5.48. The van der Waals surface area contributed by atoms with E-state index in [4.69, 9.17) is 10.5 Å². The highest BCUT2D eigenvalue weighted by Gasteiger charge is 2.33. The van der Waals surface area contributed by atoms with Crippen LogP contribution in [-0.4, -0.2) is 62.9 Å². The van der Waals surface area contributed by atoms with E-state index in [0.29, 0.717) is 43.8 Å². The number of rotatable bonds is 12. The number of carbonyl (C=O) groups is 2. The van der Waals surface area contributed by atoms with Gasteiger partial charge in [0.2, 0.25) is 15.9 Å². The summed E-state index contributed by atoms with van der Waals surface area (Å²) in [6, 6.07) is 15.2. The van der Waals surface area contributed by atoms with E-state index < -0.39 is 16.1 Å². The molecule has 2 heterocycles. The predicted molar refractivity (Wildman–Crippen MR) is 159 cm³/mol. The Morgan fingerprint density at radius 3 is 2.50 bits per heavy atom. The molecule has 0 unspecified atom stereocenters. The number of carbonyl (C=O) groups excluding carboxylic acids is 2. The van der Waals surface area contributed by atoms with Gasteiger partial charge in [0, 0.05) is 37.0 Å². The molecule has 3 aromatic rings. The van der Waals surface area contributed by atoms with Crippen molar-refractivity contribution in [3.05, 3.63) is 59.5 Å². The first-order valence-electron chi connectivity index (χ1n) is 13.7. The number of thiophene rings is 1. The van der Waals surface area contributed by atoms with Gasteiger partial charge in [-0.3, -0.25) is 9.59 Å². The molecule has 9 nitrogen and oxygen atoms in total. The molecule has 2 aromatic carbocycles. The Bertz CT molecular complexity index is 1380. The molecule has 40 heavy (non-hydrogen) atoms. The van der Waals surface area contributed by atoms with Crippen LogP contribution in [0.4, 0.5) is 5.69 Å². The molecule has 4 rings (SSSR count). The number of fused-ring (bicyclic) bond motifs is 1. The van der Waals surface area contributed by atoms with Crippen LogP contribution in [0.25, 0.3) is 10.1 Å². The largest absolute Gasteiger partial charge is 0.398 e. The van der Waals surface area contributed by atoms with Gasteiger partial charge < -0.3 is 21.1 Å². The van der Waals surface area contributed by atoms with Crippen LogP contribution >= 0.6 is 11.3 Å². The van der Waals surface area contributed by atoms with Crippen LogP contribution in [0.1, 0.15) is 49.2 Å². The second kappa shape index (κ2) is 13.6. The van der Waals surface area contributed by atoms with Gasteiger partial charge in [0.1, 0.15) is 10.9 Å². The van der Waals surface area contributed by atoms with Gasteiger partial charge in [0.05, 0.1) is 10.6 Å². The summed E-state index contributed by atoms with van der Waals surface area (Å²) < 4.78 is 35.2. The first-order chi connectivity index (χ1) is 19.2. The Hall–Kier alpha value is -2.99. The Kier molecular flexibility index (Phi) is 10.2. The first kappa shape index (κ1) is 30.0. The zero-order valence-corrected chi connectivity index (χ0v) is 24.6. The van der Waals surface area contributed by atoms with E-state index in [0.717, 1.165) is 10.1 Å². The molecule has 1 aliphatic rings. The fourth-order valence-electron chi connectivity index (χ4n) is 4.91. The molecule has 1 fully saturated rings. The molecule has 1 atom stereocenters. The Balaban J connectivity index is 1.39. The van der Waals surface area contributed by atoms with Crippen LogP contribution < -0.4 is 16.4 Å². The lowest BCUT2D eigenvalue weighted by molar-refractivity contribution is -0.123. The fraction of sp³-hybridized carbons (Fsp3) is 0.448. The number of nitrogens with two attached hydrogens (primary N) is 1. The predicted octanol–water partition coefficient (Wildman–Crippen LogP) is 4.00. The summed E-state index contributed by atoms with van der Waals surface area (Å²) in [5.41, 5.74) is 6.23. The molecule has 216 valence electrons. The SMILES string of the molecule is CC(C)C[C@H](NC(=O)c1cc2ccccc2s1)C(=O)NCCCN(C1CCOCC1)S(=O)(=O)c1ccccc1N. The zero-order chi connectivity index (χ0) is 28.7. The van der Waals surface area contributed by atoms with Crippen molar-refractivity contribution in [2.75, 3.05) is 32.0 Å². The summed E-state index contributed by atoms with van der Waals surface area (Å²) in [6.07, 6.45) is 2.09. The normalized spacial score (nSPS) is 15.4. The number of amides is 2. The van der Waals surface area contributed by atoms with Gasteiger partial charge in [-0.1, -0.05) is 44.2 Å². The maximum atomic E-state index is 13.6. The molecule has 1 aliphatic heterocycles. The van der Waals surface area contributed by atoms with Crippen LogP contribution in [0.15, 0.2) is 59.5 Å². The minimum absolute atomic E-state index is 0.0893. The number of benzene rings is 2. The molecule has 0 radical (unpaired) electrons. The number of nitrogens with zero attached hydrogens (tertiary/aromatic N) is 1. The van der Waals surface area contributed by atoms with Crippen molar-refractivity contribution in [1.82, 2.24) is 14.9 Å². The molecule has 0 spiro atoms. The van der Waals surface area contributed by atoms with Gasteiger partial charge in [0.25, 0.3) is 5.91 Å². The number of para-hydroxylation sites is 1. The van der Waals surface area contributed by atoms with Crippen molar-refractivity contribution in [2.45, 2.75) is 56.5 Å². The summed E-state index contributed by atoms with van der Waals surface area (Å²) in [4.78, 5) is 26.8. The smallest absolute Gasteiger partial charge is 0.262 e. The highest BCUT2D eigenvalue weighted by atomic mass is 32.2. The lowest BCUT2D eigenvalue weighted by atomic mass is 10.0. The molecule has 4 N–H and O–H groups in total. The van der Waals surface area contributed by atoms with Gasteiger partial charge in [-0.2, -0.15) is 4.31 Å². The van der Waals surface area contributed by atoms with E-state index in [1.165, 1.54) is 21.7 Å². The minimum Gasteiger partial charge on any atom is -0.398 e. The number of nitrogen functional groups attached to an aromatic ring is 1. The van der Waals surface area contributed by atoms with Crippen LogP contribution in [0, 0.1) is 5.92 Å². The molecule has 2 amide bonds. The highest BCUT2D eigenvalue weighted by molar-refractivity contribution is 7.89. The van der Waals surface area contributed by atoms with E-state index in [1.807, 2.05) is 44.2 Å². The second-order valence-electron chi connectivity index (χ2n) is 10.4. The number of anilines is 1. The van der Waals surface area contributed by atoms with Crippen molar-refractivity contribution in [3.63, 3.8) is 0 Å². The topological polar surface area (TPSA) is 131 Å². The maximum Gasteiger partial charge on any atom is 0.262 e. The van der Waals surface area contributed by atoms with Crippen LogP contribution in [0.2, 0.25) is 0 Å². The Morgan fingerprint density at radius 2 is 1.80 bits per heavy atom. The number of sulfonamides is 1. The second-order valence-corrected chi connectivity index (χ2v) is 13.4. The van der Waals surface area contributed by atoms with Gasteiger partial charge in [-0.05, 0) is 61.3 Å². The highest BCUT2D eigenvalue weighted by Crippen LogP contribution is 2.28. The molecule has 1 aromatic heterocycles. The zero-order valence-electron chi connectivity index (χ0n) is 23.0. The average Bonchev–Trinajstić information content (AvgIpc) is 3.37. The Morgan fingerprint density at radius 1 is 1.10 bits per heavy atom. The third-order valence-corrected chi connectivity index (χ3v) is 10.1. The van der Waals surface area contributed by atoms with E-state index in [9.17, 15) is 18.0 Å². The van der Waals surface area contributed by atoms with E-state index in [-0.39, 0.29) is 47.4 Å². The summed E-state index contributed by atoms with van der Waals surface area (Å²) in [5.74, 6) is -0.376. The van der Waals surface area contributed by atoms with Crippen molar-refractivity contribution in [3.8, 4) is 0 Å². The van der Waals surface area contributed by atoms with Gasteiger partial charge >= 0.3 is 0 Å². The molecular weight excluding hydrogens is 548 g/mol. The molecule has 0 aliphatic carbocycles. The number of hydrogen-bond acceptors (Lipinski definition) is 7. The summed E-state index contributed by atoms with van der Waals surface area (Å²) in [7, 11) is -3.84. The minimum atomic E-state index is -3.84. The average molecular weight is 587 g/mol. The monoisotopic (exact) mass is 586 g/mol. The van der Waals surface area contributed by atoms with E-state index in [1.54, 1.807) is 18.2 Å². The number of hydrogen-bond donors (Lipinski definition) is 3. The van der Waals surface area contributed by atoms with Crippen molar-refractivity contribution >= 4 is 48.9 Å². The van der Waals surface area contributed by atoms with Crippen molar-refractivity contribution in [1.29, 1.82) is 0 Å². The summed E-state index contributed by atoms with van der Waals surface area (Å²) >= 11 is 1.39. The lowest BCUT2D eigenvalue weighted by Gasteiger charge is -2.33. The number of ether oxygens (including phenoxy) is 1. The third kappa shape index (κ3) is 7.39. The van der Waals surface area contributed by atoms with E-state index >= 15 is 0 Å². The van der Waals surface area contributed by atoms with Gasteiger partial charge in [0.15, 0.2) is 0 Å². The first-order valence-corrected chi connectivity index (χ1v) is 15.9. The lowest BCUT2D eigenvalue weighted by Crippen LogP contribution is -2.48. The molecule has 0 bridgehead atoms. The van der Waals surface area contributed by atoms with E-state index in [2.05, 4.69) is 10.6 Å². The van der Waals surface area contributed by atoms with Crippen LogP contribution in [0.5, 0.6) is 0 Å². The van der Waals surface area contributed by atoms with Gasteiger partial charge in [-0.15, -0.1) is 11.3 Å². The Labute approximate surface area is 240 Å². The molecular formula is C29H38N4O5S2. The van der Waals surface area contributed by atoms with Crippen LogP contribution in [0.3, 0.4) is 0 Å². The fourth-order valence-corrected chi connectivity index (χ4v) is 7.72. The van der Waals surface area contributed by atoms with Crippen molar-refractivity contribution < 1.29 is 22.7 Å². The summed E-state index contributed by atoms with van der Waals surface area (Å²) in [5, 5.41) is 6.81. The number of nitrogens with one attached hydrogen (secondary N) is 2. The van der Waals surface area contributed by atoms with Gasteiger partial charge in [-0.25, -0.2) is 8.42 Å². The van der Waals surface area contributed by atoms with Crippen LogP contribution in [-0.2, 0) is 19.6 Å². The van der Waals surface area contributed by atoms with Crippen molar-refractivity contribution in [2.24, 2.45) is 5.92 Å². The molecule has 1 saturated heterocycles. The maximum absolute atomic E-state index is 13.6. The molecule has 0 saturated carbocycles. The standard InChI is InChI=1S/C29H38N4O5S2/c1-20(2)18-24(32-29(35)26-19-21-8-3-5-10-25(21)39-26)28(34)31-14-7-15-33(22-12-16-38-17-13-22)40(36,37)27-11-6-4-9-23(27)30/h3-6,8-11,19-20,22,24H,7,12-18,30H2,1-2H3,(H,31,34)(H,32,35)/t24-/m0/s1. The quantitative estimate of drug-likeness (QED) is 0.217. The third-order valence-electron chi connectivity index (χ3n) is 6.94. The molecule has 11 heteroatoms.